The van der Waals surface area contributed by atoms with Crippen LogP contribution in [0, 0.1) is 11.8 Å². The monoisotopic (exact) mass is 268 g/mol. The van der Waals surface area contributed by atoms with E-state index in [0.717, 1.165) is 11.8 Å². The molecule has 0 amide bonds. The van der Waals surface area contributed by atoms with Crippen molar-refractivity contribution in [3.8, 4) is 0 Å². The second kappa shape index (κ2) is 5.73. The van der Waals surface area contributed by atoms with E-state index in [9.17, 15) is 0 Å². The molecule has 0 N–H and O–H groups in total. The van der Waals surface area contributed by atoms with Crippen LogP contribution in [0.1, 0.15) is 64.2 Å². The summed E-state index contributed by atoms with van der Waals surface area (Å²) in [6.07, 6.45) is 15.2. The Bertz CT molecular complexity index is 165. The zero-order valence-electron chi connectivity index (χ0n) is 9.23. The van der Waals surface area contributed by atoms with Gasteiger partial charge in [-0.15, -0.1) is 0 Å². The summed E-state index contributed by atoms with van der Waals surface area (Å²) in [5, 5.41) is 0. The Hall–Kier alpha value is 0.753. The van der Waals surface area contributed by atoms with E-state index in [0.29, 0.717) is 0 Å². The van der Waals surface area contributed by atoms with Crippen LogP contribution in [0.5, 0.6) is 0 Å². The van der Waals surface area contributed by atoms with Crippen molar-refractivity contribution in [1.82, 2.24) is 0 Å². The van der Waals surface area contributed by atoms with E-state index in [2.05, 4.69) is 0 Å². The molecule has 76 valence electrons. The predicted octanol–water partition coefficient (Wildman–Crippen LogP) is 3.87. The van der Waals surface area contributed by atoms with Crippen LogP contribution in [0.25, 0.3) is 0 Å². The SMILES string of the molecule is [Zr+2]=[C](CC1CCCC1)CC1CCCC1. The topological polar surface area (TPSA) is 0 Å². The fourth-order valence-electron chi connectivity index (χ4n) is 3.21. The Morgan fingerprint density at radius 1 is 0.786 bits per heavy atom. The van der Waals surface area contributed by atoms with Crippen LogP contribution in [0.4, 0.5) is 0 Å². The molecule has 0 aromatic carbocycles. The average Bonchev–Trinajstić information content (AvgIpc) is 2.76. The first-order valence-electron chi connectivity index (χ1n) is 6.41. The maximum atomic E-state index is 1.90. The first kappa shape index (κ1) is 11.2. The molecule has 0 aliphatic heterocycles. The van der Waals surface area contributed by atoms with E-state index in [1.165, 1.54) is 64.2 Å². The van der Waals surface area contributed by atoms with Gasteiger partial charge in [0.1, 0.15) is 0 Å². The molecule has 0 spiro atoms. The zero-order chi connectivity index (χ0) is 9.80. The van der Waals surface area contributed by atoms with E-state index < -0.39 is 0 Å². The van der Waals surface area contributed by atoms with Crippen molar-refractivity contribution in [2.45, 2.75) is 64.2 Å². The average molecular weight is 270 g/mol. The van der Waals surface area contributed by atoms with Gasteiger partial charge < -0.3 is 0 Å². The summed E-state index contributed by atoms with van der Waals surface area (Å²) in [6, 6.07) is 0. The van der Waals surface area contributed by atoms with Gasteiger partial charge in [0.25, 0.3) is 0 Å². The minimum atomic E-state index is 1.09. The molecule has 0 saturated heterocycles. The molecule has 0 atom stereocenters. The molecule has 0 radical (unpaired) electrons. The number of hydrogen-bond acceptors (Lipinski definition) is 0. The quantitative estimate of drug-likeness (QED) is 0.727. The van der Waals surface area contributed by atoms with Crippen LogP contribution in [0.3, 0.4) is 0 Å². The first-order valence-corrected chi connectivity index (χ1v) is 7.64. The molecule has 1 heteroatoms. The van der Waals surface area contributed by atoms with Crippen LogP contribution in [0.15, 0.2) is 0 Å². The summed E-state index contributed by atoms with van der Waals surface area (Å²) in [4.78, 5) is 0. The fourth-order valence-corrected chi connectivity index (χ4v) is 4.63. The third-order valence-corrected chi connectivity index (χ3v) is 5.02. The molecule has 0 bridgehead atoms. The molecule has 0 nitrogen and oxygen atoms in total. The van der Waals surface area contributed by atoms with Gasteiger partial charge in [-0.25, -0.2) is 0 Å². The molecule has 2 aliphatic rings. The third kappa shape index (κ3) is 3.40. The van der Waals surface area contributed by atoms with Gasteiger partial charge >= 0.3 is 103 Å². The summed E-state index contributed by atoms with van der Waals surface area (Å²) < 4.78 is 1.90. The molecule has 0 aromatic rings. The van der Waals surface area contributed by atoms with Gasteiger partial charge in [-0.1, -0.05) is 0 Å². The predicted molar refractivity (Wildman–Crippen MR) is 58.2 cm³/mol. The molecular weight excluding hydrogens is 247 g/mol. The van der Waals surface area contributed by atoms with Crippen molar-refractivity contribution in [3.05, 3.63) is 0 Å². The van der Waals surface area contributed by atoms with Gasteiger partial charge in [0.15, 0.2) is 0 Å². The van der Waals surface area contributed by atoms with E-state index in [1.807, 2.05) is 3.21 Å². The molecule has 2 fully saturated rings. The summed E-state index contributed by atoms with van der Waals surface area (Å²) in [5.41, 5.74) is 0. The molecule has 2 aliphatic carbocycles. The van der Waals surface area contributed by atoms with Crippen molar-refractivity contribution in [2.24, 2.45) is 11.8 Å². The second-order valence-corrected chi connectivity index (χ2v) is 7.05. The van der Waals surface area contributed by atoms with E-state index in [4.69, 9.17) is 0 Å². The third-order valence-electron chi connectivity index (χ3n) is 4.02. The van der Waals surface area contributed by atoms with Gasteiger partial charge in [0.2, 0.25) is 0 Å². The molecule has 2 saturated carbocycles. The van der Waals surface area contributed by atoms with Crippen molar-refractivity contribution in [1.29, 1.82) is 0 Å². The van der Waals surface area contributed by atoms with Gasteiger partial charge in [-0.2, -0.15) is 0 Å². The van der Waals surface area contributed by atoms with Crippen LogP contribution in [0.2, 0.25) is 0 Å². The molecule has 0 aromatic heterocycles. The molecule has 2 rings (SSSR count). The van der Waals surface area contributed by atoms with Crippen LogP contribution in [-0.2, 0) is 24.2 Å². The number of hydrogen-bond donors (Lipinski definition) is 0. The first-order chi connectivity index (χ1) is 6.84. The summed E-state index contributed by atoms with van der Waals surface area (Å²) in [5.74, 6) is 2.18. The Morgan fingerprint density at radius 3 is 1.50 bits per heavy atom. The van der Waals surface area contributed by atoms with Crippen molar-refractivity contribution >= 4 is 3.21 Å². The van der Waals surface area contributed by atoms with Crippen LogP contribution in [-0.4, -0.2) is 3.21 Å². The van der Waals surface area contributed by atoms with Crippen molar-refractivity contribution in [3.63, 3.8) is 0 Å². The van der Waals surface area contributed by atoms with Crippen molar-refractivity contribution < 1.29 is 24.2 Å². The minimum absolute atomic E-state index is 1.09. The standard InChI is InChI=1S/C13H22.Zr/c1-2-7-12(6-1)10-5-11-13-8-3-4-9-13;/h12-13H,1-4,6-11H2;/q;+2. The zero-order valence-corrected chi connectivity index (χ0v) is 11.7. The number of rotatable bonds is 4. The Balaban J connectivity index is 1.66. The Kier molecular flexibility index (Phi) is 4.60. The molecule has 0 heterocycles. The summed E-state index contributed by atoms with van der Waals surface area (Å²) in [6.45, 7) is 0. The molecular formula is C13H22Zr+2. The van der Waals surface area contributed by atoms with Crippen molar-refractivity contribution in [2.75, 3.05) is 0 Å². The molecule has 0 unspecified atom stereocenters. The van der Waals surface area contributed by atoms with Gasteiger partial charge in [-0.05, 0) is 0 Å². The van der Waals surface area contributed by atoms with Crippen LogP contribution >= 0.6 is 0 Å². The van der Waals surface area contributed by atoms with Gasteiger partial charge in [0.05, 0.1) is 0 Å². The Morgan fingerprint density at radius 2 is 1.14 bits per heavy atom. The van der Waals surface area contributed by atoms with Crippen LogP contribution < -0.4 is 0 Å². The second-order valence-electron chi connectivity index (χ2n) is 5.31. The maximum absolute atomic E-state index is 1.90. The summed E-state index contributed by atoms with van der Waals surface area (Å²) >= 11 is 1.74. The van der Waals surface area contributed by atoms with Gasteiger partial charge in [0, 0.05) is 0 Å². The van der Waals surface area contributed by atoms with E-state index in [1.54, 1.807) is 24.2 Å². The Labute approximate surface area is 103 Å². The normalized spacial score (nSPS) is 24.7. The van der Waals surface area contributed by atoms with E-state index >= 15 is 0 Å². The molecule has 14 heavy (non-hydrogen) atoms. The van der Waals surface area contributed by atoms with E-state index in [-0.39, 0.29) is 0 Å². The fraction of sp³-hybridized carbons (Fsp3) is 0.923. The summed E-state index contributed by atoms with van der Waals surface area (Å²) in [7, 11) is 0. The van der Waals surface area contributed by atoms with Gasteiger partial charge in [-0.3, -0.25) is 0 Å².